The Balaban J connectivity index is 2.34. The first-order chi connectivity index (χ1) is 9.80. The quantitative estimate of drug-likeness (QED) is 0.846. The number of carbonyl (C=O) groups excluding carboxylic acids is 1. The van der Waals surface area contributed by atoms with E-state index in [2.05, 4.69) is 15.6 Å². The molecule has 1 aromatic heterocycles. The van der Waals surface area contributed by atoms with Gasteiger partial charge in [0.15, 0.2) is 0 Å². The molecule has 5 heteroatoms. The largest absolute Gasteiger partial charge is 0.444 e. The first-order valence-electron chi connectivity index (χ1n) is 7.42. The maximum absolute atomic E-state index is 11.7. The van der Waals surface area contributed by atoms with E-state index in [1.54, 1.807) is 0 Å². The molecular formula is C16H27N3O2. The van der Waals surface area contributed by atoms with E-state index in [0.29, 0.717) is 13.1 Å². The highest BCUT2D eigenvalue weighted by atomic mass is 16.6. The third kappa shape index (κ3) is 7.66. The molecule has 1 aromatic rings. The van der Waals surface area contributed by atoms with Gasteiger partial charge < -0.3 is 15.4 Å². The summed E-state index contributed by atoms with van der Waals surface area (Å²) in [6.07, 6.45) is 2.32. The van der Waals surface area contributed by atoms with Gasteiger partial charge in [-0.2, -0.15) is 0 Å². The summed E-state index contributed by atoms with van der Waals surface area (Å²) < 4.78 is 5.26. The van der Waals surface area contributed by atoms with E-state index in [-0.39, 0.29) is 12.1 Å². The Kier molecular flexibility index (Phi) is 6.62. The van der Waals surface area contributed by atoms with Gasteiger partial charge in [-0.15, -0.1) is 0 Å². The van der Waals surface area contributed by atoms with Crippen LogP contribution in [0.4, 0.5) is 4.79 Å². The van der Waals surface area contributed by atoms with Crippen molar-refractivity contribution in [3.05, 3.63) is 29.6 Å². The molecule has 1 amide bonds. The van der Waals surface area contributed by atoms with Crippen molar-refractivity contribution in [3.8, 4) is 0 Å². The number of aromatic nitrogens is 1. The van der Waals surface area contributed by atoms with Crippen LogP contribution in [0.1, 0.15) is 45.4 Å². The lowest BCUT2D eigenvalue weighted by Gasteiger charge is -2.23. The van der Waals surface area contributed by atoms with Crippen LogP contribution >= 0.6 is 0 Å². The second-order valence-corrected chi connectivity index (χ2v) is 6.21. The van der Waals surface area contributed by atoms with Crippen LogP contribution < -0.4 is 10.6 Å². The van der Waals surface area contributed by atoms with Crippen LogP contribution in [0.5, 0.6) is 0 Å². The number of pyridine rings is 1. The molecule has 0 saturated carbocycles. The predicted molar refractivity (Wildman–Crippen MR) is 84.1 cm³/mol. The predicted octanol–water partition coefficient (Wildman–Crippen LogP) is 2.78. The number of rotatable bonds is 6. The number of hydrogen-bond donors (Lipinski definition) is 2. The summed E-state index contributed by atoms with van der Waals surface area (Å²) in [5, 5.41) is 6.18. The van der Waals surface area contributed by atoms with E-state index >= 15 is 0 Å². The van der Waals surface area contributed by atoms with Gasteiger partial charge in [0.05, 0.1) is 5.69 Å². The van der Waals surface area contributed by atoms with E-state index in [1.165, 1.54) is 0 Å². The van der Waals surface area contributed by atoms with Gasteiger partial charge in [-0.25, -0.2) is 4.79 Å². The maximum atomic E-state index is 11.7. The molecule has 0 aliphatic rings. The van der Waals surface area contributed by atoms with Crippen LogP contribution in [0.3, 0.4) is 0 Å². The van der Waals surface area contributed by atoms with E-state index in [4.69, 9.17) is 4.74 Å². The number of nitrogens with zero attached hydrogens (tertiary/aromatic N) is 1. The third-order valence-electron chi connectivity index (χ3n) is 2.88. The number of carbonyl (C=O) groups is 1. The van der Waals surface area contributed by atoms with Gasteiger partial charge in [-0.05, 0) is 45.7 Å². The average Bonchev–Trinajstić information content (AvgIpc) is 2.37. The summed E-state index contributed by atoms with van der Waals surface area (Å²) in [5.74, 6) is 0. The summed E-state index contributed by atoms with van der Waals surface area (Å²) in [6.45, 7) is 11.0. The van der Waals surface area contributed by atoms with Crippen molar-refractivity contribution in [3.63, 3.8) is 0 Å². The fourth-order valence-corrected chi connectivity index (χ4v) is 1.75. The Morgan fingerprint density at radius 2 is 2.10 bits per heavy atom. The van der Waals surface area contributed by atoms with E-state index in [1.807, 2.05) is 52.9 Å². The van der Waals surface area contributed by atoms with Crippen molar-refractivity contribution in [2.45, 2.75) is 59.2 Å². The monoisotopic (exact) mass is 293 g/mol. The minimum absolute atomic E-state index is 0.0466. The molecule has 0 aliphatic carbocycles. The van der Waals surface area contributed by atoms with Crippen LogP contribution in [0.15, 0.2) is 18.3 Å². The lowest BCUT2D eigenvalue weighted by Crippen LogP contribution is -2.43. The normalized spacial score (nSPS) is 12.8. The van der Waals surface area contributed by atoms with Crippen LogP contribution in [-0.4, -0.2) is 29.3 Å². The van der Waals surface area contributed by atoms with Gasteiger partial charge in [0.25, 0.3) is 0 Å². The number of ether oxygens (including phenoxy) is 1. The highest BCUT2D eigenvalue weighted by molar-refractivity contribution is 5.68. The second kappa shape index (κ2) is 7.98. The number of amides is 1. The molecule has 21 heavy (non-hydrogen) atoms. The van der Waals surface area contributed by atoms with Crippen LogP contribution in [0, 0.1) is 6.92 Å². The summed E-state index contributed by atoms with van der Waals surface area (Å²) in [6, 6.07) is 4.09. The summed E-state index contributed by atoms with van der Waals surface area (Å²) in [4.78, 5) is 16.1. The molecule has 0 saturated heterocycles. The van der Waals surface area contributed by atoms with Crippen LogP contribution in [0.2, 0.25) is 0 Å². The van der Waals surface area contributed by atoms with Gasteiger partial charge in [0, 0.05) is 25.3 Å². The summed E-state index contributed by atoms with van der Waals surface area (Å²) in [5.41, 5.74) is 1.67. The Morgan fingerprint density at radius 3 is 2.62 bits per heavy atom. The summed E-state index contributed by atoms with van der Waals surface area (Å²) in [7, 11) is 0. The number of aryl methyl sites for hydroxylation is 1. The molecule has 1 unspecified atom stereocenters. The number of hydrogen-bond acceptors (Lipinski definition) is 4. The van der Waals surface area contributed by atoms with Crippen molar-refractivity contribution in [2.75, 3.05) is 6.54 Å². The molecule has 1 atom stereocenters. The van der Waals surface area contributed by atoms with Crippen LogP contribution in [-0.2, 0) is 11.3 Å². The van der Waals surface area contributed by atoms with Crippen molar-refractivity contribution < 1.29 is 9.53 Å². The van der Waals surface area contributed by atoms with Crippen molar-refractivity contribution in [2.24, 2.45) is 0 Å². The molecule has 1 heterocycles. The molecule has 0 aromatic carbocycles. The van der Waals surface area contributed by atoms with Crippen molar-refractivity contribution in [1.82, 2.24) is 15.6 Å². The molecule has 118 valence electrons. The third-order valence-corrected chi connectivity index (χ3v) is 2.88. The first-order valence-corrected chi connectivity index (χ1v) is 7.42. The van der Waals surface area contributed by atoms with Gasteiger partial charge in [0.2, 0.25) is 0 Å². The Labute approximate surface area is 127 Å². The molecule has 0 aliphatic heterocycles. The molecule has 0 fully saturated rings. The molecule has 5 nitrogen and oxygen atoms in total. The zero-order chi connectivity index (χ0) is 15.9. The fourth-order valence-electron chi connectivity index (χ4n) is 1.75. The fraction of sp³-hybridized carbons (Fsp3) is 0.625. The Bertz CT molecular complexity index is 438. The maximum Gasteiger partial charge on any atom is 0.407 e. The standard InChI is InChI=1S/C16H27N3O2/c1-6-13(19-15(20)21-16(3,4)5)10-17-11-14-8-7-12(2)9-18-14/h7-9,13,17H,6,10-11H2,1-5H3,(H,19,20). The minimum Gasteiger partial charge on any atom is -0.444 e. The van der Waals surface area contributed by atoms with Gasteiger partial charge in [-0.3, -0.25) is 4.98 Å². The Morgan fingerprint density at radius 1 is 1.38 bits per heavy atom. The van der Waals surface area contributed by atoms with E-state index < -0.39 is 5.60 Å². The topological polar surface area (TPSA) is 63.2 Å². The summed E-state index contributed by atoms with van der Waals surface area (Å²) >= 11 is 0. The smallest absolute Gasteiger partial charge is 0.407 e. The molecule has 0 bridgehead atoms. The lowest BCUT2D eigenvalue weighted by atomic mass is 10.2. The minimum atomic E-state index is -0.471. The van der Waals surface area contributed by atoms with Gasteiger partial charge in [0.1, 0.15) is 5.60 Å². The molecule has 2 N–H and O–H groups in total. The van der Waals surface area contributed by atoms with Gasteiger partial charge in [-0.1, -0.05) is 13.0 Å². The van der Waals surface area contributed by atoms with E-state index in [9.17, 15) is 4.79 Å². The molecule has 1 rings (SSSR count). The average molecular weight is 293 g/mol. The number of alkyl carbamates (subject to hydrolysis) is 1. The van der Waals surface area contributed by atoms with Gasteiger partial charge >= 0.3 is 6.09 Å². The zero-order valence-electron chi connectivity index (χ0n) is 13.7. The second-order valence-electron chi connectivity index (χ2n) is 6.21. The zero-order valence-corrected chi connectivity index (χ0v) is 13.7. The molecule has 0 radical (unpaired) electrons. The van der Waals surface area contributed by atoms with Crippen molar-refractivity contribution >= 4 is 6.09 Å². The first kappa shape index (κ1) is 17.4. The SMILES string of the molecule is CCC(CNCc1ccc(C)cn1)NC(=O)OC(C)(C)C. The Hall–Kier alpha value is -1.62. The highest BCUT2D eigenvalue weighted by Crippen LogP contribution is 2.07. The van der Waals surface area contributed by atoms with E-state index in [0.717, 1.165) is 17.7 Å². The highest BCUT2D eigenvalue weighted by Gasteiger charge is 2.18. The number of nitrogens with one attached hydrogen (secondary N) is 2. The van der Waals surface area contributed by atoms with Crippen molar-refractivity contribution in [1.29, 1.82) is 0 Å². The lowest BCUT2D eigenvalue weighted by molar-refractivity contribution is 0.0502. The molecular weight excluding hydrogens is 266 g/mol. The molecule has 0 spiro atoms. The van der Waals surface area contributed by atoms with Crippen LogP contribution in [0.25, 0.3) is 0 Å².